The van der Waals surface area contributed by atoms with E-state index >= 15 is 0 Å². The van der Waals surface area contributed by atoms with Gasteiger partial charge in [-0.3, -0.25) is 4.79 Å². The fourth-order valence-corrected chi connectivity index (χ4v) is 3.83. The summed E-state index contributed by atoms with van der Waals surface area (Å²) in [6, 6.07) is 10.2. The van der Waals surface area contributed by atoms with E-state index in [2.05, 4.69) is 28.6 Å². The minimum absolute atomic E-state index is 0.0627. The summed E-state index contributed by atoms with van der Waals surface area (Å²) in [7, 11) is 3.95. The van der Waals surface area contributed by atoms with Crippen LogP contribution in [-0.4, -0.2) is 43.0 Å². The van der Waals surface area contributed by atoms with E-state index in [1.165, 1.54) is 25.7 Å². The van der Waals surface area contributed by atoms with Crippen molar-refractivity contribution in [3.05, 3.63) is 29.8 Å². The van der Waals surface area contributed by atoms with Crippen LogP contribution in [0.5, 0.6) is 0 Å². The fourth-order valence-electron chi connectivity index (χ4n) is 3.83. The maximum absolute atomic E-state index is 11.6. The largest absolute Gasteiger partial charge is 0.382 e. The van der Waals surface area contributed by atoms with Crippen molar-refractivity contribution in [2.75, 3.05) is 19.4 Å². The number of carbonyl (C=O) groups is 1. The van der Waals surface area contributed by atoms with Crippen molar-refractivity contribution in [3.8, 4) is 0 Å². The molecule has 0 saturated carbocycles. The lowest BCUT2D eigenvalue weighted by Crippen LogP contribution is -2.44. The van der Waals surface area contributed by atoms with Crippen LogP contribution in [0.2, 0.25) is 0 Å². The number of piperidine rings is 1. The van der Waals surface area contributed by atoms with Gasteiger partial charge in [0.25, 0.3) is 0 Å². The first-order valence-corrected chi connectivity index (χ1v) is 7.94. The van der Waals surface area contributed by atoms with Gasteiger partial charge in [-0.05, 0) is 44.4 Å². The number of amides is 1. The number of nitrogens with zero attached hydrogens (tertiary/aromatic N) is 1. The maximum Gasteiger partial charge on any atom is 0.224 e. The molecule has 2 saturated heterocycles. The molecule has 1 amide bonds. The average Bonchev–Trinajstić information content (AvgIpc) is 2.71. The van der Waals surface area contributed by atoms with Crippen LogP contribution in [0, 0.1) is 0 Å². The van der Waals surface area contributed by atoms with Gasteiger partial charge in [0.2, 0.25) is 5.91 Å². The molecule has 0 spiro atoms. The van der Waals surface area contributed by atoms with Gasteiger partial charge in [0.05, 0.1) is 6.42 Å². The second-order valence-electron chi connectivity index (χ2n) is 6.37. The summed E-state index contributed by atoms with van der Waals surface area (Å²) in [5.74, 6) is 0.0627. The zero-order chi connectivity index (χ0) is 14.8. The molecule has 2 N–H and O–H groups in total. The monoisotopic (exact) mass is 287 g/mol. The van der Waals surface area contributed by atoms with Gasteiger partial charge in [-0.1, -0.05) is 18.2 Å². The summed E-state index contributed by atoms with van der Waals surface area (Å²) in [5.41, 5.74) is 2.21. The van der Waals surface area contributed by atoms with Crippen LogP contribution in [0.25, 0.3) is 0 Å². The fraction of sp³-hybridized carbons (Fsp3) is 0.588. The predicted molar refractivity (Wildman–Crippen MR) is 85.4 cm³/mol. The second-order valence-corrected chi connectivity index (χ2v) is 6.37. The minimum atomic E-state index is 0.0627. The summed E-state index contributed by atoms with van der Waals surface area (Å²) in [4.78, 5) is 14.2. The molecule has 114 valence electrons. The molecule has 4 heteroatoms. The summed E-state index contributed by atoms with van der Waals surface area (Å²) < 4.78 is 0. The van der Waals surface area contributed by atoms with E-state index in [1.54, 1.807) is 7.05 Å². The van der Waals surface area contributed by atoms with Crippen molar-refractivity contribution < 1.29 is 4.79 Å². The van der Waals surface area contributed by atoms with Crippen LogP contribution < -0.4 is 10.6 Å². The van der Waals surface area contributed by atoms with E-state index in [0.29, 0.717) is 12.5 Å². The molecule has 2 unspecified atom stereocenters. The van der Waals surface area contributed by atoms with E-state index in [0.717, 1.165) is 23.3 Å². The average molecular weight is 287 g/mol. The molecule has 2 atom stereocenters. The number of anilines is 1. The SMILES string of the molecule is CNC(=O)Cc1ccccc1NC1CC2CCC(C1)N2C. The van der Waals surface area contributed by atoms with E-state index in [1.807, 2.05) is 18.2 Å². The third-order valence-electron chi connectivity index (χ3n) is 5.11. The lowest BCUT2D eigenvalue weighted by Gasteiger charge is -2.37. The summed E-state index contributed by atoms with van der Waals surface area (Å²) in [6.45, 7) is 0. The Morgan fingerprint density at radius 2 is 1.90 bits per heavy atom. The number of likely N-dealkylation sites (N-methyl/N-ethyl adjacent to an activating group) is 1. The number of carbonyl (C=O) groups excluding carboxylic acids is 1. The van der Waals surface area contributed by atoms with Gasteiger partial charge < -0.3 is 15.5 Å². The number of para-hydroxylation sites is 1. The van der Waals surface area contributed by atoms with E-state index in [-0.39, 0.29) is 5.91 Å². The van der Waals surface area contributed by atoms with Crippen LogP contribution in [0.1, 0.15) is 31.2 Å². The molecule has 2 aliphatic heterocycles. The number of benzene rings is 1. The smallest absolute Gasteiger partial charge is 0.224 e. The Labute approximate surface area is 126 Å². The Morgan fingerprint density at radius 3 is 2.57 bits per heavy atom. The summed E-state index contributed by atoms with van der Waals surface area (Å²) >= 11 is 0. The molecule has 3 rings (SSSR count). The predicted octanol–water partition coefficient (Wildman–Crippen LogP) is 2.01. The van der Waals surface area contributed by atoms with Crippen LogP contribution in [0.4, 0.5) is 5.69 Å². The van der Waals surface area contributed by atoms with Gasteiger partial charge in [-0.2, -0.15) is 0 Å². The standard InChI is InChI=1S/C17H25N3O/c1-18-17(21)9-12-5-3-4-6-16(12)19-13-10-14-7-8-15(11-13)20(14)2/h3-6,13-15,19H,7-11H2,1-2H3,(H,18,21). The highest BCUT2D eigenvalue weighted by Gasteiger charge is 2.38. The molecular weight excluding hydrogens is 262 g/mol. The van der Waals surface area contributed by atoms with E-state index < -0.39 is 0 Å². The molecule has 4 nitrogen and oxygen atoms in total. The molecule has 1 aromatic carbocycles. The second kappa shape index (κ2) is 6.06. The van der Waals surface area contributed by atoms with Gasteiger partial charge in [0.15, 0.2) is 0 Å². The van der Waals surface area contributed by atoms with Gasteiger partial charge in [-0.25, -0.2) is 0 Å². The lowest BCUT2D eigenvalue weighted by molar-refractivity contribution is -0.119. The molecule has 2 fully saturated rings. The highest BCUT2D eigenvalue weighted by molar-refractivity contribution is 5.80. The van der Waals surface area contributed by atoms with Gasteiger partial charge in [-0.15, -0.1) is 0 Å². The highest BCUT2D eigenvalue weighted by atomic mass is 16.1. The topological polar surface area (TPSA) is 44.4 Å². The van der Waals surface area contributed by atoms with Crippen molar-refractivity contribution in [1.82, 2.24) is 10.2 Å². The molecule has 1 aromatic rings. The van der Waals surface area contributed by atoms with Crippen molar-refractivity contribution in [1.29, 1.82) is 0 Å². The zero-order valence-corrected chi connectivity index (χ0v) is 12.9. The van der Waals surface area contributed by atoms with Crippen LogP contribution in [0.15, 0.2) is 24.3 Å². The molecule has 2 aliphatic rings. The number of hydrogen-bond donors (Lipinski definition) is 2. The Hall–Kier alpha value is -1.55. The van der Waals surface area contributed by atoms with E-state index in [9.17, 15) is 4.79 Å². The van der Waals surface area contributed by atoms with Crippen molar-refractivity contribution in [2.45, 2.75) is 50.2 Å². The quantitative estimate of drug-likeness (QED) is 0.890. The minimum Gasteiger partial charge on any atom is -0.382 e. The number of hydrogen-bond acceptors (Lipinski definition) is 3. The Morgan fingerprint density at radius 1 is 1.24 bits per heavy atom. The first-order chi connectivity index (χ1) is 10.2. The Bertz CT molecular complexity index is 503. The summed E-state index contributed by atoms with van der Waals surface area (Å²) in [5, 5.41) is 6.39. The first-order valence-electron chi connectivity index (χ1n) is 7.94. The normalized spacial score (nSPS) is 28.4. The molecule has 0 radical (unpaired) electrons. The number of rotatable bonds is 4. The van der Waals surface area contributed by atoms with E-state index in [4.69, 9.17) is 0 Å². The summed E-state index contributed by atoms with van der Waals surface area (Å²) in [6.07, 6.45) is 5.53. The first kappa shape index (κ1) is 14.4. The molecule has 21 heavy (non-hydrogen) atoms. The lowest BCUT2D eigenvalue weighted by atomic mass is 9.97. The molecule has 2 heterocycles. The number of fused-ring (bicyclic) bond motifs is 2. The van der Waals surface area contributed by atoms with Crippen molar-refractivity contribution >= 4 is 11.6 Å². The molecule has 2 bridgehead atoms. The van der Waals surface area contributed by atoms with Crippen LogP contribution >= 0.6 is 0 Å². The van der Waals surface area contributed by atoms with Crippen molar-refractivity contribution in [2.24, 2.45) is 0 Å². The van der Waals surface area contributed by atoms with Crippen LogP contribution in [-0.2, 0) is 11.2 Å². The maximum atomic E-state index is 11.6. The molecule has 0 aromatic heterocycles. The number of nitrogens with one attached hydrogen (secondary N) is 2. The Balaban J connectivity index is 1.69. The molecule has 0 aliphatic carbocycles. The molecular formula is C17H25N3O. The Kier molecular flexibility index (Phi) is 4.15. The van der Waals surface area contributed by atoms with Gasteiger partial charge in [0.1, 0.15) is 0 Å². The third-order valence-corrected chi connectivity index (χ3v) is 5.11. The van der Waals surface area contributed by atoms with Gasteiger partial charge in [0, 0.05) is 30.9 Å². The highest BCUT2D eigenvalue weighted by Crippen LogP contribution is 2.35. The van der Waals surface area contributed by atoms with Crippen molar-refractivity contribution in [3.63, 3.8) is 0 Å². The zero-order valence-electron chi connectivity index (χ0n) is 12.9. The van der Waals surface area contributed by atoms with Crippen LogP contribution in [0.3, 0.4) is 0 Å². The van der Waals surface area contributed by atoms with Gasteiger partial charge >= 0.3 is 0 Å². The third kappa shape index (κ3) is 3.05.